The fraction of sp³-hybridized carbons (Fsp3) is 0.455. The van der Waals surface area contributed by atoms with Gasteiger partial charge in [0, 0.05) is 51.9 Å². The molecule has 204 valence electrons. The quantitative estimate of drug-likeness (QED) is 0.347. The first-order valence-electron chi connectivity index (χ1n) is 11.9. The highest BCUT2D eigenvalue weighted by Crippen LogP contribution is 2.31. The summed E-state index contributed by atoms with van der Waals surface area (Å²) < 4.78 is 41.9. The second-order valence-electron chi connectivity index (χ2n) is 8.43. The van der Waals surface area contributed by atoms with Gasteiger partial charge in [-0.15, -0.1) is 5.10 Å². The third-order valence-corrected chi connectivity index (χ3v) is 5.75. The molecular formula is C22H28F2N10O4. The van der Waals surface area contributed by atoms with Crippen LogP contribution in [0.4, 0.5) is 29.7 Å². The van der Waals surface area contributed by atoms with Gasteiger partial charge in [0.1, 0.15) is 11.8 Å². The van der Waals surface area contributed by atoms with Gasteiger partial charge < -0.3 is 19.5 Å². The number of carbonyl (C=O) groups is 2. The monoisotopic (exact) mass is 534 g/mol. The zero-order valence-corrected chi connectivity index (χ0v) is 21.1. The molecule has 1 aromatic carbocycles. The molecule has 3 heterocycles. The molecule has 0 unspecified atom stereocenters. The lowest BCUT2D eigenvalue weighted by atomic mass is 10.2. The Morgan fingerprint density at radius 2 is 2.05 bits per heavy atom. The molecule has 4 rings (SSSR count). The van der Waals surface area contributed by atoms with E-state index in [1.54, 1.807) is 20.0 Å². The molecule has 0 radical (unpaired) electrons. The zero-order valence-electron chi connectivity index (χ0n) is 21.1. The summed E-state index contributed by atoms with van der Waals surface area (Å²) in [5, 5.41) is 15.1. The minimum absolute atomic E-state index is 0.0530. The number of urea groups is 1. The number of nitrogens with zero attached hydrogens (tertiary/aromatic N) is 8. The number of carbonyl (C=O) groups excluding carboxylic acids is 2. The van der Waals surface area contributed by atoms with Crippen LogP contribution in [0.1, 0.15) is 18.6 Å². The van der Waals surface area contributed by atoms with Crippen molar-refractivity contribution in [3.63, 3.8) is 0 Å². The molecule has 1 fully saturated rings. The molecule has 1 aliphatic rings. The molecule has 3 aromatic rings. The van der Waals surface area contributed by atoms with Crippen LogP contribution in [0.3, 0.4) is 0 Å². The summed E-state index contributed by atoms with van der Waals surface area (Å²) in [5.74, 6) is -0.920. The number of amides is 3. The van der Waals surface area contributed by atoms with E-state index in [2.05, 4.69) is 31.2 Å². The van der Waals surface area contributed by atoms with Crippen molar-refractivity contribution >= 4 is 23.5 Å². The zero-order chi connectivity index (χ0) is 27.2. The minimum Gasteiger partial charge on any atom is -0.442 e. The van der Waals surface area contributed by atoms with Crippen LogP contribution in [-0.4, -0.2) is 81.6 Å². The first kappa shape index (κ1) is 26.7. The predicted molar refractivity (Wildman–Crippen MR) is 129 cm³/mol. The molecule has 1 aliphatic heterocycles. The molecular weight excluding hydrogens is 506 g/mol. The molecule has 38 heavy (non-hydrogen) atoms. The number of cyclic esters (lactones) is 1. The fourth-order valence-corrected chi connectivity index (χ4v) is 3.92. The smallest absolute Gasteiger partial charge is 0.414 e. The Morgan fingerprint density at radius 1 is 1.29 bits per heavy atom. The van der Waals surface area contributed by atoms with E-state index in [1.165, 1.54) is 32.7 Å². The maximum absolute atomic E-state index is 15.1. The van der Waals surface area contributed by atoms with Gasteiger partial charge in [-0.3, -0.25) is 9.91 Å². The van der Waals surface area contributed by atoms with Crippen LogP contribution < -0.4 is 20.5 Å². The third-order valence-electron chi connectivity index (χ3n) is 5.75. The summed E-state index contributed by atoms with van der Waals surface area (Å²) in [6.07, 6.45) is 1.88. The summed E-state index contributed by atoms with van der Waals surface area (Å²) in [4.78, 5) is 31.2. The largest absolute Gasteiger partial charge is 0.442 e. The Balaban J connectivity index is 1.32. The summed E-state index contributed by atoms with van der Waals surface area (Å²) >= 11 is 0. The number of aryl methyl sites for hydroxylation is 1. The molecule has 14 nitrogen and oxygen atoms in total. The highest BCUT2D eigenvalue weighted by molar-refractivity contribution is 5.90. The minimum atomic E-state index is -0.823. The lowest BCUT2D eigenvalue weighted by Crippen LogP contribution is -2.48. The van der Waals surface area contributed by atoms with Crippen molar-refractivity contribution in [2.75, 3.05) is 43.0 Å². The van der Waals surface area contributed by atoms with Crippen molar-refractivity contribution in [3.8, 4) is 0 Å². The Bertz CT molecular complexity index is 1230. The Hall–Kier alpha value is -4.34. The Kier molecular flexibility index (Phi) is 8.30. The van der Waals surface area contributed by atoms with Crippen LogP contribution in [0, 0.1) is 18.6 Å². The molecule has 2 N–H and O–H groups in total. The van der Waals surface area contributed by atoms with Crippen LogP contribution in [0.15, 0.2) is 29.0 Å². The number of nitrogens with one attached hydrogen (secondary N) is 2. The van der Waals surface area contributed by atoms with Gasteiger partial charge in [0.05, 0.1) is 31.5 Å². The molecule has 0 spiro atoms. The number of likely N-dealkylation sites (N-methyl/N-ethyl adjacent to an activating group) is 1. The number of hydrazine groups is 1. The second-order valence-corrected chi connectivity index (χ2v) is 8.43. The molecule has 0 aliphatic carbocycles. The number of halogens is 2. The predicted octanol–water partition coefficient (Wildman–Crippen LogP) is 1.45. The van der Waals surface area contributed by atoms with Crippen LogP contribution in [-0.2, 0) is 17.8 Å². The maximum Gasteiger partial charge on any atom is 0.414 e. The number of ether oxygens (including phenoxy) is 1. The average molecular weight is 535 g/mol. The SMILES string of the molecule is CCN(CCNN(C)C(=O)NCc1noc(C)n1)c1c(F)cc(N2C[C@H](Cn3ccnn3)OC2=O)cc1F. The topological polar surface area (TPSA) is 147 Å². The first-order valence-corrected chi connectivity index (χ1v) is 11.9. The maximum atomic E-state index is 15.1. The van der Waals surface area contributed by atoms with Crippen LogP contribution >= 0.6 is 0 Å². The molecule has 1 atom stereocenters. The fourth-order valence-electron chi connectivity index (χ4n) is 3.92. The third kappa shape index (κ3) is 6.31. The molecule has 0 saturated carbocycles. The van der Waals surface area contributed by atoms with Crippen LogP contribution in [0.2, 0.25) is 0 Å². The van der Waals surface area contributed by atoms with Gasteiger partial charge in [0.25, 0.3) is 0 Å². The molecule has 3 amide bonds. The number of hydrogen-bond acceptors (Lipinski definition) is 10. The summed E-state index contributed by atoms with van der Waals surface area (Å²) in [7, 11) is 1.51. The van der Waals surface area contributed by atoms with Crippen molar-refractivity contribution in [1.29, 1.82) is 0 Å². The molecule has 2 aromatic heterocycles. The van der Waals surface area contributed by atoms with Crippen molar-refractivity contribution in [1.82, 2.24) is 40.9 Å². The van der Waals surface area contributed by atoms with E-state index in [-0.39, 0.29) is 44.1 Å². The van der Waals surface area contributed by atoms with Gasteiger partial charge in [-0.05, 0) is 6.92 Å². The number of anilines is 2. The van der Waals surface area contributed by atoms with E-state index >= 15 is 8.78 Å². The summed E-state index contributed by atoms with van der Waals surface area (Å²) in [5.41, 5.74) is 2.69. The highest BCUT2D eigenvalue weighted by Gasteiger charge is 2.34. The van der Waals surface area contributed by atoms with E-state index in [4.69, 9.17) is 9.26 Å². The van der Waals surface area contributed by atoms with Crippen molar-refractivity contribution in [2.45, 2.75) is 33.0 Å². The lowest BCUT2D eigenvalue weighted by molar-refractivity contribution is 0.129. The lowest BCUT2D eigenvalue weighted by Gasteiger charge is -2.27. The summed E-state index contributed by atoms with van der Waals surface area (Å²) in [6.45, 7) is 4.56. The second kappa shape index (κ2) is 11.8. The molecule has 1 saturated heterocycles. The van der Waals surface area contributed by atoms with Crippen molar-refractivity contribution < 1.29 is 27.6 Å². The Morgan fingerprint density at radius 3 is 2.68 bits per heavy atom. The van der Waals surface area contributed by atoms with Crippen molar-refractivity contribution in [2.24, 2.45) is 0 Å². The summed E-state index contributed by atoms with van der Waals surface area (Å²) in [6, 6.07) is 1.76. The number of hydrogen-bond donors (Lipinski definition) is 2. The normalized spacial score (nSPS) is 15.0. The van der Waals surface area contributed by atoms with E-state index in [0.29, 0.717) is 18.3 Å². The van der Waals surface area contributed by atoms with Gasteiger partial charge >= 0.3 is 12.1 Å². The molecule has 16 heteroatoms. The van der Waals surface area contributed by atoms with Gasteiger partial charge in [0.15, 0.2) is 17.5 Å². The standard InChI is InChI=1S/C22H28F2N10O4/c1-4-32(7-6-27-31(3)21(35)25-11-19-28-14(2)38-29-19)20-17(23)9-15(10-18(20)24)34-13-16(37-22(34)36)12-33-8-5-26-30-33/h5,8-10,16,27H,4,6-7,11-13H2,1-3H3,(H,25,35)/t16-/m0/s1. The van der Waals surface area contributed by atoms with Crippen LogP contribution in [0.5, 0.6) is 0 Å². The number of rotatable bonds is 11. The van der Waals surface area contributed by atoms with Gasteiger partial charge in [0.2, 0.25) is 5.89 Å². The number of benzene rings is 1. The Labute approximate surface area is 216 Å². The van der Waals surface area contributed by atoms with Gasteiger partial charge in [-0.25, -0.2) is 28.5 Å². The van der Waals surface area contributed by atoms with Gasteiger partial charge in [-0.2, -0.15) is 4.98 Å². The van der Waals surface area contributed by atoms with E-state index in [9.17, 15) is 9.59 Å². The van der Waals surface area contributed by atoms with Gasteiger partial charge in [-0.1, -0.05) is 10.4 Å². The first-order chi connectivity index (χ1) is 18.2. The van der Waals surface area contributed by atoms with Crippen LogP contribution in [0.25, 0.3) is 0 Å². The highest BCUT2D eigenvalue weighted by atomic mass is 19.1. The average Bonchev–Trinajstić information content (AvgIpc) is 3.63. The molecule has 0 bridgehead atoms. The van der Waals surface area contributed by atoms with Crippen molar-refractivity contribution in [3.05, 3.63) is 47.9 Å². The van der Waals surface area contributed by atoms with E-state index in [1.807, 2.05) is 0 Å². The number of aromatic nitrogens is 5. The van der Waals surface area contributed by atoms with E-state index < -0.39 is 29.9 Å². The van der Waals surface area contributed by atoms with E-state index in [0.717, 1.165) is 12.1 Å².